The second-order valence-corrected chi connectivity index (χ2v) is 7.76. The average molecular weight is 480 g/mol. The van der Waals surface area contributed by atoms with Crippen molar-refractivity contribution >= 4 is 46.4 Å². The third-order valence-electron chi connectivity index (χ3n) is 3.86. The van der Waals surface area contributed by atoms with Crippen LogP contribution in [0.3, 0.4) is 0 Å². The van der Waals surface area contributed by atoms with Crippen molar-refractivity contribution in [2.24, 2.45) is 0 Å². The molecule has 0 atom stereocenters. The molecule has 156 valence electrons. The van der Waals surface area contributed by atoms with Crippen LogP contribution in [0.5, 0.6) is 28.7 Å². The number of benzene rings is 2. The van der Waals surface area contributed by atoms with Crippen LogP contribution >= 0.6 is 46.4 Å². The van der Waals surface area contributed by atoms with E-state index >= 15 is 0 Å². The quantitative estimate of drug-likeness (QED) is 0.356. The molecule has 0 N–H and O–H groups in total. The number of hydrogen-bond acceptors (Lipinski definition) is 5. The lowest BCUT2D eigenvalue weighted by Crippen LogP contribution is -2.03. The van der Waals surface area contributed by atoms with E-state index in [4.69, 9.17) is 70.1 Å². The Hall–Kier alpha value is -1.66. The number of ether oxygens (including phenoxy) is 5. The van der Waals surface area contributed by atoms with Gasteiger partial charge in [-0.15, -0.1) is 0 Å². The van der Waals surface area contributed by atoms with Gasteiger partial charge < -0.3 is 23.7 Å². The fraction of sp³-hybridized carbons (Fsp3) is 0.300. The molecular formula is C20H18Cl4O5. The van der Waals surface area contributed by atoms with Crippen molar-refractivity contribution in [3.8, 4) is 28.7 Å². The Balaban J connectivity index is 1.39. The number of fused-ring (bicyclic) bond motifs is 1. The zero-order chi connectivity index (χ0) is 20.6. The Labute approximate surface area is 188 Å². The minimum absolute atomic E-state index is 0.129. The predicted octanol–water partition coefficient (Wildman–Crippen LogP) is 6.66. The van der Waals surface area contributed by atoms with E-state index in [2.05, 4.69) is 0 Å². The summed E-state index contributed by atoms with van der Waals surface area (Å²) in [6.45, 7) is 1.45. The summed E-state index contributed by atoms with van der Waals surface area (Å²) in [5.41, 5.74) is 0. The van der Waals surface area contributed by atoms with Crippen molar-refractivity contribution in [2.45, 2.75) is 12.8 Å². The molecule has 0 aromatic heterocycles. The smallest absolute Gasteiger partial charge is 0.231 e. The van der Waals surface area contributed by atoms with Crippen LogP contribution < -0.4 is 23.7 Å². The number of unbranched alkanes of at least 4 members (excludes halogenated alkanes) is 1. The van der Waals surface area contributed by atoms with Gasteiger partial charge in [0.1, 0.15) is 22.6 Å². The maximum atomic E-state index is 6.24. The third kappa shape index (κ3) is 6.68. The lowest BCUT2D eigenvalue weighted by molar-refractivity contribution is 0.173. The SMILES string of the molecule is ClC(Cl)=CCOc1cc(Cl)c(OCCCCOc2ccc3c(c2)OCO3)c(Cl)c1. The van der Waals surface area contributed by atoms with Crippen LogP contribution in [0.25, 0.3) is 0 Å². The van der Waals surface area contributed by atoms with Gasteiger partial charge in [0.2, 0.25) is 6.79 Å². The zero-order valence-corrected chi connectivity index (χ0v) is 18.3. The summed E-state index contributed by atoms with van der Waals surface area (Å²) < 4.78 is 27.6. The normalized spacial score (nSPS) is 11.9. The van der Waals surface area contributed by atoms with Crippen molar-refractivity contribution in [3.63, 3.8) is 0 Å². The Morgan fingerprint density at radius 1 is 0.862 bits per heavy atom. The summed E-state index contributed by atoms with van der Waals surface area (Å²) in [6.07, 6.45) is 3.09. The van der Waals surface area contributed by atoms with Gasteiger partial charge in [0.05, 0.1) is 23.3 Å². The van der Waals surface area contributed by atoms with Crippen molar-refractivity contribution in [2.75, 3.05) is 26.6 Å². The van der Waals surface area contributed by atoms with Crippen LogP contribution in [0.1, 0.15) is 12.8 Å². The summed E-state index contributed by atoms with van der Waals surface area (Å²) in [4.78, 5) is 0. The molecule has 0 fully saturated rings. The second-order valence-electron chi connectivity index (χ2n) is 5.94. The molecule has 29 heavy (non-hydrogen) atoms. The highest BCUT2D eigenvalue weighted by atomic mass is 35.5. The van der Waals surface area contributed by atoms with E-state index in [1.165, 1.54) is 6.08 Å². The van der Waals surface area contributed by atoms with Gasteiger partial charge in [0.15, 0.2) is 17.2 Å². The maximum Gasteiger partial charge on any atom is 0.231 e. The van der Waals surface area contributed by atoms with Gasteiger partial charge in [-0.05, 0) is 31.1 Å². The molecule has 2 aromatic rings. The van der Waals surface area contributed by atoms with E-state index < -0.39 is 0 Å². The van der Waals surface area contributed by atoms with Crippen LogP contribution in [0.2, 0.25) is 10.0 Å². The van der Waals surface area contributed by atoms with E-state index in [1.807, 2.05) is 18.2 Å². The average Bonchev–Trinajstić information content (AvgIpc) is 3.13. The van der Waals surface area contributed by atoms with Gasteiger partial charge in [-0.3, -0.25) is 0 Å². The van der Waals surface area contributed by atoms with Gasteiger partial charge in [-0.2, -0.15) is 0 Å². The van der Waals surface area contributed by atoms with Crippen molar-refractivity contribution in [1.29, 1.82) is 0 Å². The van der Waals surface area contributed by atoms with Crippen molar-refractivity contribution in [1.82, 2.24) is 0 Å². The molecule has 0 saturated heterocycles. The molecule has 3 rings (SSSR count). The number of hydrogen-bond donors (Lipinski definition) is 0. The Morgan fingerprint density at radius 2 is 1.55 bits per heavy atom. The van der Waals surface area contributed by atoms with E-state index in [0.29, 0.717) is 40.5 Å². The van der Waals surface area contributed by atoms with Gasteiger partial charge >= 0.3 is 0 Å². The molecule has 0 radical (unpaired) electrons. The molecule has 9 heteroatoms. The van der Waals surface area contributed by atoms with Crippen LogP contribution in [0, 0.1) is 0 Å². The van der Waals surface area contributed by atoms with Gasteiger partial charge in [0, 0.05) is 18.2 Å². The monoisotopic (exact) mass is 478 g/mol. The topological polar surface area (TPSA) is 46.2 Å². The molecule has 0 amide bonds. The highest BCUT2D eigenvalue weighted by Gasteiger charge is 2.14. The second kappa shape index (κ2) is 10.9. The Kier molecular flexibility index (Phi) is 8.30. The van der Waals surface area contributed by atoms with Crippen LogP contribution in [0.15, 0.2) is 40.9 Å². The third-order valence-corrected chi connectivity index (χ3v) is 4.73. The van der Waals surface area contributed by atoms with Gasteiger partial charge in [-0.25, -0.2) is 0 Å². The maximum absolute atomic E-state index is 6.24. The summed E-state index contributed by atoms with van der Waals surface area (Å²) in [5, 5.41) is 0.732. The van der Waals surface area contributed by atoms with Crippen LogP contribution in [-0.2, 0) is 0 Å². The highest BCUT2D eigenvalue weighted by molar-refractivity contribution is 6.55. The minimum Gasteiger partial charge on any atom is -0.493 e. The molecule has 1 aliphatic rings. The highest BCUT2D eigenvalue weighted by Crippen LogP contribution is 2.37. The Bertz CT molecular complexity index is 845. The van der Waals surface area contributed by atoms with Crippen molar-refractivity contribution in [3.05, 3.63) is 50.9 Å². The first-order valence-electron chi connectivity index (χ1n) is 8.81. The molecule has 1 heterocycles. The van der Waals surface area contributed by atoms with Gasteiger partial charge in [0.25, 0.3) is 0 Å². The molecule has 5 nitrogen and oxygen atoms in total. The molecule has 1 aliphatic heterocycles. The van der Waals surface area contributed by atoms with Crippen molar-refractivity contribution < 1.29 is 23.7 Å². The van der Waals surface area contributed by atoms with Crippen LogP contribution in [-0.4, -0.2) is 26.6 Å². The van der Waals surface area contributed by atoms with Crippen LogP contribution in [0.4, 0.5) is 0 Å². The summed E-state index contributed by atoms with van der Waals surface area (Å²) >= 11 is 23.6. The predicted molar refractivity (Wildman–Crippen MR) is 115 cm³/mol. The summed E-state index contributed by atoms with van der Waals surface area (Å²) in [5.74, 6) is 3.08. The van der Waals surface area contributed by atoms with E-state index in [1.54, 1.807) is 12.1 Å². The van der Waals surface area contributed by atoms with E-state index in [9.17, 15) is 0 Å². The first kappa shape index (κ1) is 22.0. The standard InChI is InChI=1S/C20H18Cl4O5/c21-15-9-14(26-8-5-19(23)24)10-16(22)20(15)27-7-2-1-6-25-13-3-4-17-18(11-13)29-12-28-17/h3-5,9-11H,1-2,6-8,12H2. The number of rotatable bonds is 10. The zero-order valence-electron chi connectivity index (χ0n) is 15.3. The summed E-state index contributed by atoms with van der Waals surface area (Å²) in [7, 11) is 0. The lowest BCUT2D eigenvalue weighted by atomic mass is 10.3. The summed E-state index contributed by atoms with van der Waals surface area (Å²) in [6, 6.07) is 8.75. The van der Waals surface area contributed by atoms with Gasteiger partial charge in [-0.1, -0.05) is 46.4 Å². The molecule has 0 saturated carbocycles. The largest absolute Gasteiger partial charge is 0.493 e. The fourth-order valence-electron chi connectivity index (χ4n) is 2.49. The fourth-order valence-corrected chi connectivity index (χ4v) is 3.20. The molecule has 2 aromatic carbocycles. The molecular weight excluding hydrogens is 462 g/mol. The first-order valence-corrected chi connectivity index (χ1v) is 10.3. The molecule has 0 aliphatic carbocycles. The Morgan fingerprint density at radius 3 is 2.28 bits per heavy atom. The molecule has 0 bridgehead atoms. The lowest BCUT2D eigenvalue weighted by Gasteiger charge is -2.12. The number of halogens is 4. The molecule has 0 spiro atoms. The van der Waals surface area contributed by atoms with E-state index in [0.717, 1.165) is 24.3 Å². The van der Waals surface area contributed by atoms with E-state index in [-0.39, 0.29) is 17.9 Å². The molecule has 0 unspecified atom stereocenters. The minimum atomic E-state index is 0.129. The first-order chi connectivity index (χ1) is 14.0.